The fourth-order valence-electron chi connectivity index (χ4n) is 3.12. The molecule has 1 unspecified atom stereocenters. The van der Waals surface area contributed by atoms with Crippen LogP contribution in [0.5, 0.6) is 0 Å². The molecule has 0 spiro atoms. The zero-order valence-corrected chi connectivity index (χ0v) is 14.2. The van der Waals surface area contributed by atoms with E-state index in [0.29, 0.717) is 18.5 Å². The Morgan fingerprint density at radius 3 is 2.48 bits per heavy atom. The van der Waals surface area contributed by atoms with Crippen LogP contribution in [0.15, 0.2) is 52.3 Å². The molecular formula is C17H19ClFNO2S. The van der Waals surface area contributed by atoms with Crippen molar-refractivity contribution in [2.24, 2.45) is 5.73 Å². The van der Waals surface area contributed by atoms with Crippen molar-refractivity contribution in [2.75, 3.05) is 6.54 Å². The third-order valence-electron chi connectivity index (χ3n) is 4.24. The van der Waals surface area contributed by atoms with E-state index < -0.39 is 15.7 Å². The number of nitrogens with two attached hydrogens (primary N) is 1. The number of sulfone groups is 1. The Labute approximate surface area is 142 Å². The first-order valence-electron chi connectivity index (χ1n) is 7.36. The number of benzene rings is 2. The number of rotatable bonds is 3. The fourth-order valence-corrected chi connectivity index (χ4v) is 4.46. The highest BCUT2D eigenvalue weighted by Crippen LogP contribution is 2.35. The molecule has 0 amide bonds. The third-order valence-corrected chi connectivity index (χ3v) is 5.99. The van der Waals surface area contributed by atoms with Crippen molar-refractivity contribution in [3.05, 3.63) is 59.4 Å². The van der Waals surface area contributed by atoms with E-state index in [0.717, 1.165) is 24.5 Å². The van der Waals surface area contributed by atoms with Crippen LogP contribution >= 0.6 is 12.4 Å². The van der Waals surface area contributed by atoms with Gasteiger partial charge in [0.2, 0.25) is 9.84 Å². The van der Waals surface area contributed by atoms with Gasteiger partial charge in [0, 0.05) is 0 Å². The average Bonchev–Trinajstić information content (AvgIpc) is 2.54. The van der Waals surface area contributed by atoms with Crippen LogP contribution in [0.1, 0.15) is 29.9 Å². The quantitative estimate of drug-likeness (QED) is 0.917. The maximum atomic E-state index is 14.5. The van der Waals surface area contributed by atoms with E-state index in [-0.39, 0.29) is 28.1 Å². The molecule has 0 bridgehead atoms. The second-order valence-electron chi connectivity index (χ2n) is 5.62. The molecule has 2 aromatic carbocycles. The van der Waals surface area contributed by atoms with E-state index in [9.17, 15) is 12.8 Å². The molecule has 2 N–H and O–H groups in total. The first-order valence-corrected chi connectivity index (χ1v) is 8.85. The van der Waals surface area contributed by atoms with E-state index in [1.165, 1.54) is 12.1 Å². The van der Waals surface area contributed by atoms with Crippen LogP contribution in [0.2, 0.25) is 0 Å². The summed E-state index contributed by atoms with van der Waals surface area (Å²) in [6.07, 6.45) is 2.45. The zero-order valence-electron chi connectivity index (χ0n) is 12.5. The van der Waals surface area contributed by atoms with Crippen LogP contribution in [0.25, 0.3) is 0 Å². The molecular weight excluding hydrogens is 337 g/mol. The minimum Gasteiger partial charge on any atom is -0.330 e. The van der Waals surface area contributed by atoms with Crippen molar-refractivity contribution < 1.29 is 12.8 Å². The normalized spacial score (nSPS) is 17.2. The Morgan fingerprint density at radius 2 is 1.83 bits per heavy atom. The Hall–Kier alpha value is -1.43. The van der Waals surface area contributed by atoms with Crippen LogP contribution in [0.3, 0.4) is 0 Å². The van der Waals surface area contributed by atoms with E-state index >= 15 is 0 Å². The smallest absolute Gasteiger partial charge is 0.206 e. The molecule has 3 nitrogen and oxygen atoms in total. The molecule has 2 aromatic rings. The molecule has 0 radical (unpaired) electrons. The predicted octanol–water partition coefficient (Wildman–Crippen LogP) is 3.46. The monoisotopic (exact) mass is 355 g/mol. The summed E-state index contributed by atoms with van der Waals surface area (Å²) in [7, 11) is -3.69. The Morgan fingerprint density at radius 1 is 1.13 bits per heavy atom. The standard InChI is InChI=1S/C17H18FNO2S.ClH/c18-16-10-15(22(20,21)14-7-2-1-3-8-14)9-12-5-4-6-13(11-19)17(12)16;/h1-3,7-10,13H,4-6,11,19H2;1H. The van der Waals surface area contributed by atoms with Crippen LogP contribution in [-0.4, -0.2) is 15.0 Å². The first-order chi connectivity index (χ1) is 10.5. The highest BCUT2D eigenvalue weighted by atomic mass is 35.5. The van der Waals surface area contributed by atoms with E-state index in [1.807, 2.05) is 0 Å². The van der Waals surface area contributed by atoms with Gasteiger partial charge in [-0.1, -0.05) is 18.2 Å². The molecule has 0 heterocycles. The van der Waals surface area contributed by atoms with Crippen molar-refractivity contribution in [1.29, 1.82) is 0 Å². The summed E-state index contributed by atoms with van der Waals surface area (Å²) in [5.41, 5.74) is 7.09. The number of hydrogen-bond acceptors (Lipinski definition) is 3. The van der Waals surface area contributed by atoms with Crippen LogP contribution in [-0.2, 0) is 16.3 Å². The van der Waals surface area contributed by atoms with Crippen LogP contribution < -0.4 is 5.73 Å². The van der Waals surface area contributed by atoms with E-state index in [1.54, 1.807) is 24.3 Å². The average molecular weight is 356 g/mol. The Balaban J connectivity index is 0.00000192. The molecule has 0 saturated heterocycles. The number of aryl methyl sites for hydroxylation is 1. The third kappa shape index (κ3) is 3.27. The lowest BCUT2D eigenvalue weighted by atomic mass is 9.82. The molecule has 1 atom stereocenters. The molecule has 124 valence electrons. The molecule has 0 aromatic heterocycles. The Kier molecular flexibility index (Phi) is 5.45. The molecule has 1 aliphatic rings. The highest BCUT2D eigenvalue weighted by Gasteiger charge is 2.27. The lowest BCUT2D eigenvalue weighted by molar-refractivity contribution is 0.509. The lowest BCUT2D eigenvalue weighted by Gasteiger charge is -2.25. The van der Waals surface area contributed by atoms with Gasteiger partial charge in [0.15, 0.2) is 0 Å². The second kappa shape index (κ2) is 6.99. The summed E-state index contributed by atoms with van der Waals surface area (Å²) < 4.78 is 39.8. The molecule has 0 saturated carbocycles. The van der Waals surface area contributed by atoms with Crippen molar-refractivity contribution in [3.63, 3.8) is 0 Å². The van der Waals surface area contributed by atoms with Gasteiger partial charge in [-0.05, 0) is 67.1 Å². The van der Waals surface area contributed by atoms with Crippen LogP contribution in [0.4, 0.5) is 4.39 Å². The van der Waals surface area contributed by atoms with Gasteiger partial charge < -0.3 is 5.73 Å². The summed E-state index contributed by atoms with van der Waals surface area (Å²) in [6, 6.07) is 10.9. The predicted molar refractivity (Wildman–Crippen MR) is 90.3 cm³/mol. The zero-order chi connectivity index (χ0) is 15.7. The summed E-state index contributed by atoms with van der Waals surface area (Å²) in [5.74, 6) is -0.473. The molecule has 6 heteroatoms. The number of hydrogen-bond donors (Lipinski definition) is 1. The maximum absolute atomic E-state index is 14.5. The summed E-state index contributed by atoms with van der Waals surface area (Å²) >= 11 is 0. The van der Waals surface area contributed by atoms with E-state index in [2.05, 4.69) is 0 Å². The summed E-state index contributed by atoms with van der Waals surface area (Å²) in [4.78, 5) is 0.202. The molecule has 0 aliphatic heterocycles. The maximum Gasteiger partial charge on any atom is 0.206 e. The topological polar surface area (TPSA) is 60.2 Å². The van der Waals surface area contributed by atoms with Crippen molar-refractivity contribution in [3.8, 4) is 0 Å². The molecule has 0 fully saturated rings. The summed E-state index contributed by atoms with van der Waals surface area (Å²) in [6.45, 7) is 0.384. The van der Waals surface area contributed by atoms with Crippen LogP contribution in [0, 0.1) is 5.82 Å². The van der Waals surface area contributed by atoms with E-state index in [4.69, 9.17) is 5.73 Å². The SMILES string of the molecule is Cl.NCC1CCCc2cc(S(=O)(=O)c3ccccc3)cc(F)c21. The van der Waals surface area contributed by atoms with Gasteiger partial charge in [0.1, 0.15) is 5.82 Å². The number of fused-ring (bicyclic) bond motifs is 1. The molecule has 23 heavy (non-hydrogen) atoms. The minimum absolute atomic E-state index is 0. The van der Waals surface area contributed by atoms with Gasteiger partial charge >= 0.3 is 0 Å². The Bertz CT molecular complexity index is 794. The van der Waals surface area contributed by atoms with Gasteiger partial charge in [0.05, 0.1) is 9.79 Å². The molecule has 1 aliphatic carbocycles. The van der Waals surface area contributed by atoms with Gasteiger partial charge in [0.25, 0.3) is 0 Å². The largest absolute Gasteiger partial charge is 0.330 e. The highest BCUT2D eigenvalue weighted by molar-refractivity contribution is 7.91. The van der Waals surface area contributed by atoms with Gasteiger partial charge in [-0.3, -0.25) is 0 Å². The summed E-state index contributed by atoms with van der Waals surface area (Å²) in [5, 5.41) is 0. The molecule has 3 rings (SSSR count). The van der Waals surface area contributed by atoms with Crippen molar-refractivity contribution in [2.45, 2.75) is 35.0 Å². The lowest BCUT2D eigenvalue weighted by Crippen LogP contribution is -2.20. The first kappa shape index (κ1) is 17.9. The van der Waals surface area contributed by atoms with Gasteiger partial charge in [-0.15, -0.1) is 12.4 Å². The second-order valence-corrected chi connectivity index (χ2v) is 7.57. The fraction of sp³-hybridized carbons (Fsp3) is 0.294. The van der Waals surface area contributed by atoms with Gasteiger partial charge in [-0.25, -0.2) is 12.8 Å². The van der Waals surface area contributed by atoms with Crippen molar-refractivity contribution >= 4 is 22.2 Å². The van der Waals surface area contributed by atoms with Gasteiger partial charge in [-0.2, -0.15) is 0 Å². The minimum atomic E-state index is -3.69. The number of halogens is 2. The van der Waals surface area contributed by atoms with Crippen molar-refractivity contribution in [1.82, 2.24) is 0 Å².